The highest BCUT2D eigenvalue weighted by Crippen LogP contribution is 2.36. The van der Waals surface area contributed by atoms with Crippen LogP contribution in [0.4, 0.5) is 0 Å². The average Bonchev–Trinajstić information content (AvgIpc) is 2.51. The third kappa shape index (κ3) is 1.41. The number of H-pyrrole nitrogens is 1. The first kappa shape index (κ1) is 9.76. The fourth-order valence-corrected chi connectivity index (χ4v) is 2.92. The maximum Gasteiger partial charge on any atom is 0.117 e. The molecule has 2 heteroatoms. The summed E-state index contributed by atoms with van der Waals surface area (Å²) in [6.45, 7) is 2.31. The summed E-state index contributed by atoms with van der Waals surface area (Å²) in [6, 6.07) is 5.66. The van der Waals surface area contributed by atoms with E-state index in [1.54, 1.807) is 6.07 Å². The van der Waals surface area contributed by atoms with Crippen molar-refractivity contribution in [2.45, 2.75) is 38.5 Å². The first-order chi connectivity index (χ1) is 7.75. The van der Waals surface area contributed by atoms with Gasteiger partial charge in [0.05, 0.1) is 0 Å². The van der Waals surface area contributed by atoms with E-state index in [2.05, 4.69) is 11.9 Å². The van der Waals surface area contributed by atoms with Gasteiger partial charge in [-0.3, -0.25) is 0 Å². The summed E-state index contributed by atoms with van der Waals surface area (Å²) in [5.41, 5.74) is 3.94. The summed E-state index contributed by atoms with van der Waals surface area (Å²) < 4.78 is 0. The number of aryl methyl sites for hydroxylation is 1. The molecule has 16 heavy (non-hydrogen) atoms. The highest BCUT2D eigenvalue weighted by atomic mass is 16.3. The number of aromatic amines is 1. The number of aromatic hydroxyl groups is 1. The fourth-order valence-electron chi connectivity index (χ4n) is 2.92. The van der Waals surface area contributed by atoms with E-state index in [1.807, 2.05) is 12.1 Å². The molecule has 0 spiro atoms. The molecule has 1 aromatic heterocycles. The SMILES string of the molecule is CC1CCCCc2[nH]c3cc(O)ccc3c21. The number of aromatic nitrogens is 1. The summed E-state index contributed by atoms with van der Waals surface area (Å²) in [4.78, 5) is 3.47. The Hall–Kier alpha value is -1.44. The van der Waals surface area contributed by atoms with Crippen LogP contribution >= 0.6 is 0 Å². The van der Waals surface area contributed by atoms with E-state index in [4.69, 9.17) is 0 Å². The Morgan fingerprint density at radius 3 is 3.06 bits per heavy atom. The smallest absolute Gasteiger partial charge is 0.117 e. The Kier molecular flexibility index (Phi) is 2.16. The molecule has 1 heterocycles. The van der Waals surface area contributed by atoms with Crippen LogP contribution in [0.15, 0.2) is 18.2 Å². The van der Waals surface area contributed by atoms with E-state index in [0.29, 0.717) is 11.7 Å². The molecule has 84 valence electrons. The molecule has 1 aliphatic rings. The molecular weight excluding hydrogens is 198 g/mol. The second kappa shape index (κ2) is 3.55. The molecular formula is C14H17NO. The molecule has 0 amide bonds. The van der Waals surface area contributed by atoms with Gasteiger partial charge in [-0.15, -0.1) is 0 Å². The predicted octanol–water partition coefficient (Wildman–Crippen LogP) is 3.70. The van der Waals surface area contributed by atoms with Gasteiger partial charge in [-0.1, -0.05) is 13.3 Å². The summed E-state index contributed by atoms with van der Waals surface area (Å²) >= 11 is 0. The summed E-state index contributed by atoms with van der Waals surface area (Å²) in [6.07, 6.45) is 5.02. The van der Waals surface area contributed by atoms with Gasteiger partial charge in [-0.25, -0.2) is 0 Å². The van der Waals surface area contributed by atoms with Gasteiger partial charge in [0.15, 0.2) is 0 Å². The molecule has 2 N–H and O–H groups in total. The standard InChI is InChI=1S/C14H17NO/c1-9-4-2-3-5-12-14(9)11-7-6-10(16)8-13(11)15-12/h6-9,15-16H,2-5H2,1H3. The molecule has 0 fully saturated rings. The number of rotatable bonds is 0. The van der Waals surface area contributed by atoms with Crippen molar-refractivity contribution in [3.63, 3.8) is 0 Å². The van der Waals surface area contributed by atoms with Gasteiger partial charge < -0.3 is 10.1 Å². The minimum absolute atomic E-state index is 0.344. The normalized spacial score (nSPS) is 20.7. The van der Waals surface area contributed by atoms with Crippen molar-refractivity contribution < 1.29 is 5.11 Å². The molecule has 2 aromatic rings. The van der Waals surface area contributed by atoms with Crippen LogP contribution in [-0.2, 0) is 6.42 Å². The van der Waals surface area contributed by atoms with Gasteiger partial charge >= 0.3 is 0 Å². The summed E-state index contributed by atoms with van der Waals surface area (Å²) in [5.74, 6) is 0.979. The number of fused-ring (bicyclic) bond motifs is 3. The van der Waals surface area contributed by atoms with Crippen LogP contribution in [0.5, 0.6) is 5.75 Å². The molecule has 1 aliphatic carbocycles. The van der Waals surface area contributed by atoms with Crippen molar-refractivity contribution in [2.75, 3.05) is 0 Å². The predicted molar refractivity (Wildman–Crippen MR) is 65.9 cm³/mol. The van der Waals surface area contributed by atoms with Gasteiger partial charge in [-0.2, -0.15) is 0 Å². The number of hydrogen-bond acceptors (Lipinski definition) is 1. The van der Waals surface area contributed by atoms with Crippen molar-refractivity contribution in [3.8, 4) is 5.75 Å². The van der Waals surface area contributed by atoms with E-state index in [9.17, 15) is 5.11 Å². The van der Waals surface area contributed by atoms with E-state index in [1.165, 1.54) is 35.9 Å². The second-order valence-electron chi connectivity index (χ2n) is 4.89. The van der Waals surface area contributed by atoms with E-state index in [0.717, 1.165) is 11.9 Å². The summed E-state index contributed by atoms with van der Waals surface area (Å²) in [5, 5.41) is 10.8. The van der Waals surface area contributed by atoms with Gasteiger partial charge in [0.1, 0.15) is 5.75 Å². The maximum absolute atomic E-state index is 9.49. The third-order valence-corrected chi connectivity index (χ3v) is 3.71. The van der Waals surface area contributed by atoms with Crippen molar-refractivity contribution >= 4 is 10.9 Å². The Morgan fingerprint density at radius 2 is 2.19 bits per heavy atom. The number of hydrogen-bond donors (Lipinski definition) is 2. The lowest BCUT2D eigenvalue weighted by molar-refractivity contribution is 0.476. The van der Waals surface area contributed by atoms with Crippen LogP contribution in [-0.4, -0.2) is 10.1 Å². The maximum atomic E-state index is 9.49. The van der Waals surface area contributed by atoms with E-state index in [-0.39, 0.29) is 0 Å². The fraction of sp³-hybridized carbons (Fsp3) is 0.429. The monoisotopic (exact) mass is 215 g/mol. The van der Waals surface area contributed by atoms with Crippen LogP contribution in [0.3, 0.4) is 0 Å². The Labute approximate surface area is 95.3 Å². The highest BCUT2D eigenvalue weighted by molar-refractivity contribution is 5.86. The third-order valence-electron chi connectivity index (χ3n) is 3.71. The molecule has 0 aliphatic heterocycles. The van der Waals surface area contributed by atoms with Gasteiger partial charge in [0.2, 0.25) is 0 Å². The lowest BCUT2D eigenvalue weighted by Crippen LogP contribution is -1.92. The quantitative estimate of drug-likeness (QED) is 0.646. The first-order valence-electron chi connectivity index (χ1n) is 6.09. The lowest BCUT2D eigenvalue weighted by atomic mass is 9.95. The minimum Gasteiger partial charge on any atom is -0.508 e. The van der Waals surface area contributed by atoms with Gasteiger partial charge in [-0.05, 0) is 42.9 Å². The van der Waals surface area contributed by atoms with Crippen LogP contribution in [0, 0.1) is 0 Å². The number of phenols is 1. The molecule has 1 atom stereocenters. The highest BCUT2D eigenvalue weighted by Gasteiger charge is 2.19. The van der Waals surface area contributed by atoms with E-state index < -0.39 is 0 Å². The Balaban J connectivity index is 2.26. The van der Waals surface area contributed by atoms with Crippen LogP contribution in [0.2, 0.25) is 0 Å². The molecule has 0 saturated carbocycles. The number of nitrogens with one attached hydrogen (secondary N) is 1. The molecule has 2 nitrogen and oxygen atoms in total. The van der Waals surface area contributed by atoms with E-state index >= 15 is 0 Å². The zero-order chi connectivity index (χ0) is 11.1. The molecule has 1 unspecified atom stereocenters. The zero-order valence-electron chi connectivity index (χ0n) is 9.59. The molecule has 0 bridgehead atoms. The first-order valence-corrected chi connectivity index (χ1v) is 6.09. The Bertz CT molecular complexity index is 527. The van der Waals surface area contributed by atoms with Crippen LogP contribution in [0.1, 0.15) is 43.4 Å². The molecule has 1 aromatic carbocycles. The zero-order valence-corrected chi connectivity index (χ0v) is 9.59. The largest absolute Gasteiger partial charge is 0.508 e. The van der Waals surface area contributed by atoms with Crippen molar-refractivity contribution in [2.24, 2.45) is 0 Å². The van der Waals surface area contributed by atoms with Crippen LogP contribution < -0.4 is 0 Å². The topological polar surface area (TPSA) is 36.0 Å². The molecule has 0 radical (unpaired) electrons. The molecule has 0 saturated heterocycles. The summed E-state index contributed by atoms with van der Waals surface area (Å²) in [7, 11) is 0. The van der Waals surface area contributed by atoms with Crippen molar-refractivity contribution in [1.82, 2.24) is 4.98 Å². The van der Waals surface area contributed by atoms with Crippen molar-refractivity contribution in [1.29, 1.82) is 0 Å². The average molecular weight is 215 g/mol. The van der Waals surface area contributed by atoms with Gasteiger partial charge in [0, 0.05) is 22.7 Å². The molecule has 3 rings (SSSR count). The Morgan fingerprint density at radius 1 is 1.31 bits per heavy atom. The van der Waals surface area contributed by atoms with Gasteiger partial charge in [0.25, 0.3) is 0 Å². The lowest BCUT2D eigenvalue weighted by Gasteiger charge is -2.08. The number of phenolic OH excluding ortho intramolecular Hbond substituents is 1. The number of benzene rings is 1. The second-order valence-corrected chi connectivity index (χ2v) is 4.89. The minimum atomic E-state index is 0.344. The van der Waals surface area contributed by atoms with Crippen LogP contribution in [0.25, 0.3) is 10.9 Å². The van der Waals surface area contributed by atoms with Crippen molar-refractivity contribution in [3.05, 3.63) is 29.5 Å².